The summed E-state index contributed by atoms with van der Waals surface area (Å²) >= 11 is 0. The summed E-state index contributed by atoms with van der Waals surface area (Å²) in [6.45, 7) is 8.43. The quantitative estimate of drug-likeness (QED) is 0.371. The third kappa shape index (κ3) is 3.24. The molecule has 1 spiro atoms. The van der Waals surface area contributed by atoms with E-state index in [0.29, 0.717) is 11.8 Å². The number of hydrogen-bond donors (Lipinski definition) is 0. The molecule has 1 aromatic rings. The minimum absolute atomic E-state index is 0. The van der Waals surface area contributed by atoms with Crippen LogP contribution in [0.5, 0.6) is 0 Å². The molecule has 0 saturated carbocycles. The number of halogens is 1. The topological polar surface area (TPSA) is 22.3 Å². The zero-order chi connectivity index (χ0) is 15.0. The molecule has 1 saturated heterocycles. The molecule has 4 heteroatoms. The summed E-state index contributed by atoms with van der Waals surface area (Å²) in [5, 5.41) is 0. The fourth-order valence-electron chi connectivity index (χ4n) is 3.84. The minimum Gasteiger partial charge on any atom is -1.00 e. The SMILES string of the molecule is CC1=CC(C)C2(COC(c3ccc[n+](C)c3)OC2)C(C)C1.[I-]. The van der Waals surface area contributed by atoms with E-state index in [4.69, 9.17) is 9.47 Å². The number of ether oxygens (including phenoxy) is 2. The highest BCUT2D eigenvalue weighted by Gasteiger charge is 2.47. The molecule has 0 N–H and O–H groups in total. The second-order valence-electron chi connectivity index (χ2n) is 6.90. The first-order valence-corrected chi connectivity index (χ1v) is 7.87. The first-order chi connectivity index (χ1) is 10.0. The van der Waals surface area contributed by atoms with E-state index < -0.39 is 0 Å². The second kappa shape index (κ2) is 6.97. The predicted octanol–water partition coefficient (Wildman–Crippen LogP) is 0.169. The molecule has 0 amide bonds. The highest BCUT2D eigenvalue weighted by molar-refractivity contribution is 5.15. The van der Waals surface area contributed by atoms with Crippen LogP contribution in [0.1, 0.15) is 39.0 Å². The van der Waals surface area contributed by atoms with E-state index in [1.165, 1.54) is 5.57 Å². The van der Waals surface area contributed by atoms with Gasteiger partial charge in [0.1, 0.15) is 7.05 Å². The van der Waals surface area contributed by atoms with Gasteiger partial charge in [-0.3, -0.25) is 0 Å². The summed E-state index contributed by atoms with van der Waals surface area (Å²) in [4.78, 5) is 0. The lowest BCUT2D eigenvalue weighted by molar-refractivity contribution is -0.672. The normalized spacial score (nSPS) is 34.9. The van der Waals surface area contributed by atoms with Crippen molar-refractivity contribution >= 4 is 0 Å². The molecule has 22 heavy (non-hydrogen) atoms. The lowest BCUT2D eigenvalue weighted by Gasteiger charge is -2.49. The van der Waals surface area contributed by atoms with Crippen molar-refractivity contribution in [2.45, 2.75) is 33.5 Å². The largest absolute Gasteiger partial charge is 1.00 e. The zero-order valence-corrected chi connectivity index (χ0v) is 16.0. The number of hydrogen-bond acceptors (Lipinski definition) is 2. The lowest BCUT2D eigenvalue weighted by atomic mass is 9.63. The molecule has 3 nitrogen and oxygen atoms in total. The molecule has 0 radical (unpaired) electrons. The highest BCUT2D eigenvalue weighted by Crippen LogP contribution is 2.48. The van der Waals surface area contributed by atoms with Crippen LogP contribution in [0.25, 0.3) is 0 Å². The van der Waals surface area contributed by atoms with Crippen molar-refractivity contribution in [3.05, 3.63) is 41.7 Å². The van der Waals surface area contributed by atoms with E-state index in [1.54, 1.807) is 0 Å². The minimum atomic E-state index is -0.227. The summed E-state index contributed by atoms with van der Waals surface area (Å²) in [6.07, 6.45) is 7.42. The smallest absolute Gasteiger partial charge is 0.189 e. The van der Waals surface area contributed by atoms with Gasteiger partial charge in [-0.1, -0.05) is 25.5 Å². The third-order valence-corrected chi connectivity index (χ3v) is 5.29. The fraction of sp³-hybridized carbons (Fsp3) is 0.611. The van der Waals surface area contributed by atoms with Gasteiger partial charge in [0.2, 0.25) is 0 Å². The second-order valence-corrected chi connectivity index (χ2v) is 6.90. The fourth-order valence-corrected chi connectivity index (χ4v) is 3.84. The van der Waals surface area contributed by atoms with Gasteiger partial charge in [0.25, 0.3) is 0 Å². The van der Waals surface area contributed by atoms with Crippen molar-refractivity contribution in [3.8, 4) is 0 Å². The van der Waals surface area contributed by atoms with Crippen LogP contribution in [0.2, 0.25) is 0 Å². The maximum atomic E-state index is 6.12. The summed E-state index contributed by atoms with van der Waals surface area (Å²) in [7, 11) is 2.02. The molecule has 0 aromatic carbocycles. The molecular formula is C18H26INO2. The van der Waals surface area contributed by atoms with Gasteiger partial charge in [0.05, 0.1) is 18.8 Å². The third-order valence-electron chi connectivity index (χ3n) is 5.29. The summed E-state index contributed by atoms with van der Waals surface area (Å²) < 4.78 is 14.3. The first-order valence-electron chi connectivity index (χ1n) is 7.87. The number of aryl methyl sites for hydroxylation is 1. The standard InChI is InChI=1S/C18H26NO2.HI/c1-13-8-14(2)18(15(3)9-13)11-20-17(21-12-18)16-6-5-7-19(4)10-16;/h5-8,10,14-15,17H,9,11-12H2,1-4H3;1H/q+1;/p-1. The van der Waals surface area contributed by atoms with Crippen LogP contribution in [-0.4, -0.2) is 13.2 Å². The molecule has 122 valence electrons. The van der Waals surface area contributed by atoms with Gasteiger partial charge in [0.15, 0.2) is 18.7 Å². The van der Waals surface area contributed by atoms with Gasteiger partial charge < -0.3 is 33.5 Å². The van der Waals surface area contributed by atoms with E-state index in [1.807, 2.05) is 23.9 Å². The Labute approximate surface area is 150 Å². The summed E-state index contributed by atoms with van der Waals surface area (Å²) in [6, 6.07) is 4.10. The summed E-state index contributed by atoms with van der Waals surface area (Å²) in [5.74, 6) is 1.11. The van der Waals surface area contributed by atoms with Crippen LogP contribution in [0.4, 0.5) is 0 Å². The zero-order valence-electron chi connectivity index (χ0n) is 13.9. The van der Waals surface area contributed by atoms with Gasteiger partial charge in [-0.25, -0.2) is 4.57 Å². The molecule has 2 aliphatic rings. The van der Waals surface area contributed by atoms with Crippen LogP contribution in [0.3, 0.4) is 0 Å². The molecule has 3 rings (SSSR count). The van der Waals surface area contributed by atoms with Crippen LogP contribution in [0, 0.1) is 17.3 Å². The van der Waals surface area contributed by atoms with Gasteiger partial charge in [-0.05, 0) is 31.2 Å². The Hall–Kier alpha value is -0.460. The number of pyridine rings is 1. The molecule has 0 bridgehead atoms. The lowest BCUT2D eigenvalue weighted by Crippen LogP contribution is -3.00. The molecule has 1 aliphatic heterocycles. The molecular weight excluding hydrogens is 389 g/mol. The number of allylic oxidation sites excluding steroid dienone is 2. The maximum Gasteiger partial charge on any atom is 0.189 e. The molecule has 1 aliphatic carbocycles. The van der Waals surface area contributed by atoms with Crippen LogP contribution >= 0.6 is 0 Å². The Morgan fingerprint density at radius 1 is 1.23 bits per heavy atom. The van der Waals surface area contributed by atoms with E-state index in [0.717, 1.165) is 25.2 Å². The van der Waals surface area contributed by atoms with Gasteiger partial charge in [-0.2, -0.15) is 0 Å². The van der Waals surface area contributed by atoms with Crippen molar-refractivity contribution in [2.24, 2.45) is 24.3 Å². The average Bonchev–Trinajstić information content (AvgIpc) is 2.45. The molecule has 2 unspecified atom stereocenters. The van der Waals surface area contributed by atoms with Crippen molar-refractivity contribution in [1.29, 1.82) is 0 Å². The van der Waals surface area contributed by atoms with Crippen molar-refractivity contribution < 1.29 is 38.0 Å². The number of nitrogens with zero attached hydrogens (tertiary/aromatic N) is 1. The van der Waals surface area contributed by atoms with E-state index in [2.05, 4.69) is 39.1 Å². The van der Waals surface area contributed by atoms with E-state index in [-0.39, 0.29) is 35.7 Å². The van der Waals surface area contributed by atoms with Crippen LogP contribution in [-0.2, 0) is 16.5 Å². The Kier molecular flexibility index (Phi) is 5.67. The Morgan fingerprint density at radius 2 is 1.91 bits per heavy atom. The highest BCUT2D eigenvalue weighted by atomic mass is 127. The van der Waals surface area contributed by atoms with Gasteiger partial charge in [-0.15, -0.1) is 0 Å². The Balaban J connectivity index is 0.00000176. The van der Waals surface area contributed by atoms with Crippen molar-refractivity contribution in [3.63, 3.8) is 0 Å². The first kappa shape index (κ1) is 17.9. The molecule has 2 heterocycles. The van der Waals surface area contributed by atoms with Crippen molar-refractivity contribution in [1.82, 2.24) is 0 Å². The van der Waals surface area contributed by atoms with Crippen LogP contribution in [0.15, 0.2) is 36.2 Å². The Morgan fingerprint density at radius 3 is 2.50 bits per heavy atom. The van der Waals surface area contributed by atoms with E-state index in [9.17, 15) is 0 Å². The van der Waals surface area contributed by atoms with Crippen molar-refractivity contribution in [2.75, 3.05) is 13.2 Å². The maximum absolute atomic E-state index is 6.12. The van der Waals surface area contributed by atoms with Gasteiger partial charge in [0, 0.05) is 11.5 Å². The monoisotopic (exact) mass is 415 g/mol. The Bertz CT molecular complexity index is 550. The summed E-state index contributed by atoms with van der Waals surface area (Å²) in [5.41, 5.74) is 2.72. The van der Waals surface area contributed by atoms with Crippen LogP contribution < -0.4 is 28.5 Å². The number of rotatable bonds is 1. The molecule has 2 atom stereocenters. The number of aromatic nitrogens is 1. The molecule has 1 aromatic heterocycles. The predicted molar refractivity (Wildman–Crippen MR) is 81.4 cm³/mol. The average molecular weight is 415 g/mol. The molecule has 1 fully saturated rings. The van der Waals surface area contributed by atoms with E-state index >= 15 is 0 Å². The van der Waals surface area contributed by atoms with Gasteiger partial charge >= 0.3 is 0 Å².